The minimum absolute atomic E-state index is 0.00416. The number of ether oxygens (including phenoxy) is 2. The maximum Gasteiger partial charge on any atom is 0.254 e. The largest absolute Gasteiger partial charge is 0.493 e. The Labute approximate surface area is 171 Å². The van der Waals surface area contributed by atoms with E-state index in [-0.39, 0.29) is 18.1 Å². The van der Waals surface area contributed by atoms with Crippen LogP contribution in [-0.4, -0.2) is 65.1 Å². The SMILES string of the molecule is COc1cc(C(=O)N2CC[C@H](N(C)Cc3nccc(N)n3)C2)ccc1OC(C)C. The number of benzene rings is 1. The molecule has 1 fully saturated rings. The molecule has 1 aromatic carbocycles. The second kappa shape index (κ2) is 9.09. The molecule has 1 amide bonds. The summed E-state index contributed by atoms with van der Waals surface area (Å²) in [5.41, 5.74) is 6.33. The first kappa shape index (κ1) is 20.9. The highest BCUT2D eigenvalue weighted by atomic mass is 16.5. The Hall–Kier alpha value is -2.87. The number of aromatic nitrogens is 2. The summed E-state index contributed by atoms with van der Waals surface area (Å²) in [6.45, 7) is 5.86. The van der Waals surface area contributed by atoms with Crippen molar-refractivity contribution in [3.05, 3.63) is 41.9 Å². The van der Waals surface area contributed by atoms with Crippen molar-refractivity contribution in [3.63, 3.8) is 0 Å². The fourth-order valence-electron chi connectivity index (χ4n) is 3.46. The fraction of sp³-hybridized carbons (Fsp3) is 0.476. The lowest BCUT2D eigenvalue weighted by Gasteiger charge is -2.24. The molecular formula is C21H29N5O3. The van der Waals surface area contributed by atoms with Crippen LogP contribution < -0.4 is 15.2 Å². The van der Waals surface area contributed by atoms with Crippen molar-refractivity contribution < 1.29 is 14.3 Å². The zero-order chi connectivity index (χ0) is 21.0. The summed E-state index contributed by atoms with van der Waals surface area (Å²) in [5.74, 6) is 2.35. The van der Waals surface area contributed by atoms with Gasteiger partial charge in [-0.2, -0.15) is 0 Å². The van der Waals surface area contributed by atoms with Gasteiger partial charge in [-0.3, -0.25) is 9.69 Å². The minimum Gasteiger partial charge on any atom is -0.493 e. The van der Waals surface area contributed by atoms with Gasteiger partial charge in [0.25, 0.3) is 5.91 Å². The number of nitrogens with zero attached hydrogens (tertiary/aromatic N) is 4. The van der Waals surface area contributed by atoms with Crippen LogP contribution in [0.1, 0.15) is 36.5 Å². The number of likely N-dealkylation sites (tertiary alicyclic amines) is 1. The number of likely N-dealkylation sites (N-methyl/N-ethyl adjacent to an activating group) is 1. The highest BCUT2D eigenvalue weighted by Crippen LogP contribution is 2.30. The maximum absolute atomic E-state index is 13.0. The molecule has 1 aliphatic heterocycles. The van der Waals surface area contributed by atoms with Crippen LogP contribution in [0.3, 0.4) is 0 Å². The molecule has 1 atom stereocenters. The number of hydrogen-bond donors (Lipinski definition) is 1. The van der Waals surface area contributed by atoms with Gasteiger partial charge in [0.05, 0.1) is 19.8 Å². The lowest BCUT2D eigenvalue weighted by Crippen LogP contribution is -2.36. The van der Waals surface area contributed by atoms with E-state index in [0.717, 1.165) is 6.42 Å². The molecule has 1 saturated heterocycles. The van der Waals surface area contributed by atoms with Crippen LogP contribution >= 0.6 is 0 Å². The molecule has 2 heterocycles. The number of amides is 1. The van der Waals surface area contributed by atoms with E-state index in [0.29, 0.717) is 48.3 Å². The average molecular weight is 399 g/mol. The Balaban J connectivity index is 1.64. The van der Waals surface area contributed by atoms with E-state index in [4.69, 9.17) is 15.2 Å². The summed E-state index contributed by atoms with van der Waals surface area (Å²) in [4.78, 5) is 25.5. The zero-order valence-electron chi connectivity index (χ0n) is 17.5. The molecule has 0 unspecified atom stereocenters. The molecule has 29 heavy (non-hydrogen) atoms. The monoisotopic (exact) mass is 399 g/mol. The van der Waals surface area contributed by atoms with Crippen LogP contribution in [0, 0.1) is 0 Å². The average Bonchev–Trinajstić information content (AvgIpc) is 3.17. The predicted octanol–water partition coefficient (Wildman–Crippen LogP) is 2.20. The molecule has 3 rings (SSSR count). The van der Waals surface area contributed by atoms with Gasteiger partial charge in [0.15, 0.2) is 11.5 Å². The zero-order valence-corrected chi connectivity index (χ0v) is 17.5. The summed E-state index contributed by atoms with van der Waals surface area (Å²) in [6, 6.07) is 7.25. The van der Waals surface area contributed by atoms with Crippen molar-refractivity contribution >= 4 is 11.7 Å². The first-order valence-electron chi connectivity index (χ1n) is 9.79. The van der Waals surface area contributed by atoms with Gasteiger partial charge in [0.2, 0.25) is 0 Å². The van der Waals surface area contributed by atoms with Gasteiger partial charge >= 0.3 is 0 Å². The quantitative estimate of drug-likeness (QED) is 0.763. The molecule has 1 aliphatic rings. The predicted molar refractivity (Wildman–Crippen MR) is 111 cm³/mol. The molecular weight excluding hydrogens is 370 g/mol. The molecule has 2 N–H and O–H groups in total. The number of nitrogens with two attached hydrogens (primary N) is 1. The molecule has 2 aromatic rings. The van der Waals surface area contributed by atoms with E-state index in [2.05, 4.69) is 14.9 Å². The first-order chi connectivity index (χ1) is 13.9. The Bertz CT molecular complexity index is 858. The van der Waals surface area contributed by atoms with Crippen LogP contribution in [0.15, 0.2) is 30.5 Å². The Morgan fingerprint density at radius 3 is 2.83 bits per heavy atom. The van der Waals surface area contributed by atoms with Crippen LogP contribution in [0.5, 0.6) is 11.5 Å². The number of carbonyl (C=O) groups excluding carboxylic acids is 1. The number of nitrogen functional groups attached to an aromatic ring is 1. The summed E-state index contributed by atoms with van der Waals surface area (Å²) < 4.78 is 11.1. The van der Waals surface area contributed by atoms with Crippen molar-refractivity contribution in [1.82, 2.24) is 19.8 Å². The van der Waals surface area contributed by atoms with E-state index in [1.54, 1.807) is 37.6 Å². The second-order valence-corrected chi connectivity index (χ2v) is 7.54. The first-order valence-corrected chi connectivity index (χ1v) is 9.79. The summed E-state index contributed by atoms with van der Waals surface area (Å²) >= 11 is 0. The highest BCUT2D eigenvalue weighted by molar-refractivity contribution is 5.95. The number of anilines is 1. The van der Waals surface area contributed by atoms with E-state index in [1.807, 2.05) is 25.8 Å². The van der Waals surface area contributed by atoms with Crippen molar-refractivity contribution in [2.24, 2.45) is 0 Å². The summed E-state index contributed by atoms with van der Waals surface area (Å²) in [5, 5.41) is 0. The van der Waals surface area contributed by atoms with Crippen LogP contribution in [0.25, 0.3) is 0 Å². The Kier molecular flexibility index (Phi) is 6.53. The third-order valence-electron chi connectivity index (χ3n) is 4.97. The minimum atomic E-state index is -0.00416. The molecule has 156 valence electrons. The van der Waals surface area contributed by atoms with Crippen molar-refractivity contribution in [2.75, 3.05) is 33.0 Å². The maximum atomic E-state index is 13.0. The van der Waals surface area contributed by atoms with Gasteiger partial charge in [0.1, 0.15) is 11.6 Å². The smallest absolute Gasteiger partial charge is 0.254 e. The number of carbonyl (C=O) groups is 1. The number of rotatable bonds is 7. The van der Waals surface area contributed by atoms with E-state index in [9.17, 15) is 4.79 Å². The molecule has 1 aromatic heterocycles. The van der Waals surface area contributed by atoms with Crippen LogP contribution in [-0.2, 0) is 6.54 Å². The molecule has 0 aliphatic carbocycles. The molecule has 8 nitrogen and oxygen atoms in total. The molecule has 8 heteroatoms. The third kappa shape index (κ3) is 5.14. The summed E-state index contributed by atoms with van der Waals surface area (Å²) in [6.07, 6.45) is 2.59. The van der Waals surface area contributed by atoms with E-state index in [1.165, 1.54) is 0 Å². The van der Waals surface area contributed by atoms with Crippen molar-refractivity contribution in [1.29, 1.82) is 0 Å². The lowest BCUT2D eigenvalue weighted by molar-refractivity contribution is 0.0779. The summed E-state index contributed by atoms with van der Waals surface area (Å²) in [7, 11) is 3.60. The Morgan fingerprint density at radius 1 is 1.34 bits per heavy atom. The normalized spacial score (nSPS) is 16.5. The molecule has 0 spiro atoms. The molecule has 0 bridgehead atoms. The van der Waals surface area contributed by atoms with Gasteiger partial charge in [-0.05, 0) is 51.6 Å². The molecule has 0 saturated carbocycles. The van der Waals surface area contributed by atoms with E-state index < -0.39 is 0 Å². The van der Waals surface area contributed by atoms with Gasteiger partial charge in [-0.1, -0.05) is 0 Å². The second-order valence-electron chi connectivity index (χ2n) is 7.54. The third-order valence-corrected chi connectivity index (χ3v) is 4.97. The van der Waals surface area contributed by atoms with Crippen molar-refractivity contribution in [3.8, 4) is 11.5 Å². The highest BCUT2D eigenvalue weighted by Gasteiger charge is 2.30. The van der Waals surface area contributed by atoms with Gasteiger partial charge in [0, 0.05) is 30.9 Å². The van der Waals surface area contributed by atoms with Crippen LogP contribution in [0.2, 0.25) is 0 Å². The number of hydrogen-bond acceptors (Lipinski definition) is 7. The molecule has 0 radical (unpaired) electrons. The van der Waals surface area contributed by atoms with Gasteiger partial charge in [-0.25, -0.2) is 9.97 Å². The van der Waals surface area contributed by atoms with Gasteiger partial charge < -0.3 is 20.1 Å². The Morgan fingerprint density at radius 2 is 2.14 bits per heavy atom. The number of methoxy groups -OCH3 is 1. The topological polar surface area (TPSA) is 93.8 Å². The lowest BCUT2D eigenvalue weighted by atomic mass is 10.1. The van der Waals surface area contributed by atoms with Crippen molar-refractivity contribution in [2.45, 2.75) is 39.0 Å². The fourth-order valence-corrected chi connectivity index (χ4v) is 3.46. The van der Waals surface area contributed by atoms with Crippen LogP contribution in [0.4, 0.5) is 5.82 Å². The standard InChI is InChI=1S/C21H29N5O3/c1-14(2)29-17-6-5-15(11-18(17)28-4)21(27)26-10-8-16(12-26)25(3)13-20-23-9-7-19(22)24-20/h5-7,9,11,14,16H,8,10,12-13H2,1-4H3,(H2,22,23,24)/t16-/m0/s1. The van der Waals surface area contributed by atoms with Gasteiger partial charge in [-0.15, -0.1) is 0 Å². The van der Waals surface area contributed by atoms with E-state index >= 15 is 0 Å².